The molecule has 2 saturated heterocycles. The lowest BCUT2D eigenvalue weighted by Gasteiger charge is -2.29. The maximum absolute atomic E-state index is 13.4. The number of epoxide rings is 1. The Balaban J connectivity index is 0.000000942. The molecule has 0 radical (unpaired) electrons. The highest BCUT2D eigenvalue weighted by Crippen LogP contribution is 2.36. The van der Waals surface area contributed by atoms with Gasteiger partial charge in [-0.25, -0.2) is 0 Å². The lowest BCUT2D eigenvalue weighted by molar-refractivity contribution is -0.149. The van der Waals surface area contributed by atoms with Crippen LogP contribution in [0.4, 0.5) is 13.2 Å². The molecule has 3 rings (SSSR count). The van der Waals surface area contributed by atoms with Gasteiger partial charge >= 0.3 is 12.1 Å². The van der Waals surface area contributed by atoms with E-state index in [0.717, 1.165) is 25.3 Å². The second kappa shape index (κ2) is 16.9. The van der Waals surface area contributed by atoms with Crippen molar-refractivity contribution in [2.45, 2.75) is 136 Å². The number of halogens is 3. The predicted octanol–water partition coefficient (Wildman–Crippen LogP) is 5.50. The zero-order valence-electron chi connectivity index (χ0n) is 28.4. The number of nitrogens with one attached hydrogen (secondary N) is 1. The molecule has 0 spiro atoms. The van der Waals surface area contributed by atoms with Crippen molar-refractivity contribution in [2.75, 3.05) is 13.6 Å². The van der Waals surface area contributed by atoms with Gasteiger partial charge in [0, 0.05) is 30.7 Å². The van der Waals surface area contributed by atoms with Gasteiger partial charge in [0.15, 0.2) is 5.69 Å². The summed E-state index contributed by atoms with van der Waals surface area (Å²) >= 11 is 0. The van der Waals surface area contributed by atoms with Crippen molar-refractivity contribution >= 4 is 24.3 Å². The number of nitrogens with zero attached hydrogens (tertiary/aromatic N) is 2. The first kappa shape index (κ1) is 39.4. The number of ether oxygens (including phenoxy) is 3. The predicted molar refractivity (Wildman–Crippen MR) is 167 cm³/mol. The van der Waals surface area contributed by atoms with Crippen molar-refractivity contribution < 1.29 is 46.9 Å². The van der Waals surface area contributed by atoms with Crippen LogP contribution in [0, 0.1) is 11.3 Å². The Morgan fingerprint density at radius 3 is 2.41 bits per heavy atom. The highest BCUT2D eigenvalue weighted by Gasteiger charge is 2.42. The number of alkyl halides is 3. The summed E-state index contributed by atoms with van der Waals surface area (Å²) in [6.45, 7) is 13.6. The molecular weight excluding hydrogens is 607 g/mol. The number of aliphatic hydroxyl groups is 1. The van der Waals surface area contributed by atoms with Gasteiger partial charge in [-0.2, -0.15) is 18.3 Å². The molecule has 262 valence electrons. The Kier molecular flexibility index (Phi) is 14.5. The van der Waals surface area contributed by atoms with Gasteiger partial charge in [0.2, 0.25) is 0 Å². The molecular formula is C33H52F3N3O7. The highest BCUT2D eigenvalue weighted by molar-refractivity contribution is 5.87. The summed E-state index contributed by atoms with van der Waals surface area (Å²) in [6.07, 6.45) is -1.01. The Labute approximate surface area is 270 Å². The number of aromatic nitrogens is 2. The van der Waals surface area contributed by atoms with E-state index in [1.807, 2.05) is 20.8 Å². The fraction of sp³-hybridized carbons (Fsp3) is 0.758. The van der Waals surface area contributed by atoms with Crippen LogP contribution in [0.25, 0.3) is 6.08 Å². The van der Waals surface area contributed by atoms with E-state index >= 15 is 0 Å². The van der Waals surface area contributed by atoms with Crippen LogP contribution in [0.3, 0.4) is 0 Å². The number of hydrogen-bond acceptors (Lipinski definition) is 9. The third kappa shape index (κ3) is 12.8. The monoisotopic (exact) mass is 659 g/mol. The first-order chi connectivity index (χ1) is 21.3. The van der Waals surface area contributed by atoms with E-state index in [4.69, 9.17) is 9.47 Å². The molecule has 1 aromatic rings. The number of carbonyl (C=O) groups is 3. The van der Waals surface area contributed by atoms with Gasteiger partial charge in [-0.05, 0) is 71.7 Å². The lowest BCUT2D eigenvalue weighted by Crippen LogP contribution is -2.36. The van der Waals surface area contributed by atoms with Crippen LogP contribution in [0.1, 0.15) is 105 Å². The Hall–Kier alpha value is -2.77. The van der Waals surface area contributed by atoms with Crippen molar-refractivity contribution in [2.24, 2.45) is 11.3 Å². The fourth-order valence-corrected chi connectivity index (χ4v) is 5.23. The molecule has 3 heterocycles. The molecule has 2 fully saturated rings. The largest absolute Gasteiger partial charge is 0.462 e. The smallest absolute Gasteiger partial charge is 0.435 e. The Bertz CT molecular complexity index is 1190. The molecule has 0 amide bonds. The number of esters is 1. The number of cyclic esters (lactones) is 1. The Morgan fingerprint density at radius 1 is 1.20 bits per heavy atom. The molecule has 2 aliphatic heterocycles. The standard InChI is InChI=1S/C28H42F3N3O5.C5H10O2/c1-17(14-19-15-24(28(29,30)31)33-34(19)13-12-32-5)22-16-23-21(38-23)9-7-6-8-20(35)18(2)26(37)27(3,4)11-10-25(36)39-22;1-5(2,3)7-4-6/h14-15,18,20-23,32,35H,6-13,16H2,1-5H3;4H,1-3H3/b17-14+;/t18-,20?,21?,22?,23?;/m1./s1. The number of rotatable bonds is 6. The van der Waals surface area contributed by atoms with Crippen molar-refractivity contribution in [3.8, 4) is 0 Å². The molecule has 0 bridgehead atoms. The van der Waals surface area contributed by atoms with Crippen molar-refractivity contribution in [1.29, 1.82) is 0 Å². The molecule has 46 heavy (non-hydrogen) atoms. The van der Waals surface area contributed by atoms with Crippen LogP contribution < -0.4 is 5.32 Å². The molecule has 5 atom stereocenters. The molecule has 2 aliphatic rings. The number of ketones is 1. The fourth-order valence-electron chi connectivity index (χ4n) is 5.23. The van der Waals surface area contributed by atoms with Gasteiger partial charge < -0.3 is 24.6 Å². The molecule has 13 heteroatoms. The normalized spacial score (nSPS) is 26.7. The zero-order valence-corrected chi connectivity index (χ0v) is 28.4. The van der Waals surface area contributed by atoms with Gasteiger partial charge in [0.1, 0.15) is 17.5 Å². The first-order valence-electron chi connectivity index (χ1n) is 16.0. The quantitative estimate of drug-likeness (QED) is 0.231. The molecule has 0 saturated carbocycles. The van der Waals surface area contributed by atoms with E-state index in [1.165, 1.54) is 4.68 Å². The van der Waals surface area contributed by atoms with E-state index in [2.05, 4.69) is 15.2 Å². The molecule has 0 aliphatic carbocycles. The highest BCUT2D eigenvalue weighted by atomic mass is 19.4. The van der Waals surface area contributed by atoms with Crippen LogP contribution in [0.2, 0.25) is 0 Å². The Morgan fingerprint density at radius 2 is 1.85 bits per heavy atom. The minimum atomic E-state index is -4.58. The second-order valence-electron chi connectivity index (χ2n) is 13.8. The number of carbonyl (C=O) groups excluding carboxylic acids is 3. The lowest BCUT2D eigenvalue weighted by atomic mass is 9.76. The third-order valence-electron chi connectivity index (χ3n) is 8.22. The van der Waals surface area contributed by atoms with E-state index in [-0.39, 0.29) is 48.7 Å². The first-order valence-corrected chi connectivity index (χ1v) is 16.0. The van der Waals surface area contributed by atoms with Crippen molar-refractivity contribution in [1.82, 2.24) is 15.1 Å². The third-order valence-corrected chi connectivity index (χ3v) is 8.22. The molecule has 10 nitrogen and oxygen atoms in total. The average Bonchev–Trinajstić information content (AvgIpc) is 3.56. The van der Waals surface area contributed by atoms with Crippen LogP contribution >= 0.6 is 0 Å². The van der Waals surface area contributed by atoms with Gasteiger partial charge in [-0.3, -0.25) is 19.1 Å². The van der Waals surface area contributed by atoms with Gasteiger partial charge in [-0.1, -0.05) is 33.6 Å². The van der Waals surface area contributed by atoms with Crippen LogP contribution in [-0.2, 0) is 41.3 Å². The number of likely N-dealkylation sites (N-methyl/N-ethyl adjacent to an activating group) is 1. The SMILES string of the molecule is CC(C)(C)OC=O.CNCCn1nc(C(F)(F)F)cc1/C=C(\C)C1CC2OC2CCCCC(O)[C@@H](C)C(=O)C(C)(C)CCC(=O)O1. The number of Topliss-reactive ketones (excluding diaryl/α,β-unsaturated/α-hetero) is 1. The summed E-state index contributed by atoms with van der Waals surface area (Å²) in [5, 5.41) is 17.2. The molecule has 4 unspecified atom stereocenters. The maximum atomic E-state index is 13.4. The zero-order chi connectivity index (χ0) is 34.9. The molecule has 1 aromatic heterocycles. The van der Waals surface area contributed by atoms with E-state index in [0.29, 0.717) is 31.4 Å². The van der Waals surface area contributed by atoms with E-state index in [1.54, 1.807) is 40.8 Å². The molecule has 2 N–H and O–H groups in total. The minimum absolute atomic E-state index is 0.0000260. The molecule has 0 aromatic carbocycles. The van der Waals surface area contributed by atoms with E-state index in [9.17, 15) is 32.7 Å². The van der Waals surface area contributed by atoms with Crippen LogP contribution in [-0.4, -0.2) is 76.7 Å². The summed E-state index contributed by atoms with van der Waals surface area (Å²) in [7, 11) is 1.71. The summed E-state index contributed by atoms with van der Waals surface area (Å²) in [5.41, 5.74) is -1.27. The maximum Gasteiger partial charge on any atom is 0.435 e. The van der Waals surface area contributed by atoms with Gasteiger partial charge in [0.05, 0.1) is 30.6 Å². The topological polar surface area (TPSA) is 132 Å². The summed E-state index contributed by atoms with van der Waals surface area (Å²) < 4.78 is 57.6. The van der Waals surface area contributed by atoms with Gasteiger partial charge in [-0.15, -0.1) is 0 Å². The van der Waals surface area contributed by atoms with Crippen LogP contribution in [0.15, 0.2) is 11.6 Å². The second-order valence-corrected chi connectivity index (χ2v) is 13.8. The van der Waals surface area contributed by atoms with Crippen LogP contribution in [0.5, 0.6) is 0 Å². The minimum Gasteiger partial charge on any atom is -0.462 e. The van der Waals surface area contributed by atoms with E-state index < -0.39 is 41.4 Å². The average molecular weight is 660 g/mol. The summed E-state index contributed by atoms with van der Waals surface area (Å²) in [4.78, 5) is 35.6. The van der Waals surface area contributed by atoms with Crippen molar-refractivity contribution in [3.05, 3.63) is 23.0 Å². The van der Waals surface area contributed by atoms with Gasteiger partial charge in [0.25, 0.3) is 6.47 Å². The number of fused-ring (bicyclic) bond motifs is 1. The number of aliphatic hydroxyl groups excluding tert-OH is 1. The summed E-state index contributed by atoms with van der Waals surface area (Å²) in [6, 6.07) is 0.997. The van der Waals surface area contributed by atoms with Crippen molar-refractivity contribution in [3.63, 3.8) is 0 Å². The summed E-state index contributed by atoms with van der Waals surface area (Å²) in [5.74, 6) is -1.13. The number of hydrogen-bond donors (Lipinski definition) is 2.